The molecule has 0 aliphatic carbocycles. The highest BCUT2D eigenvalue weighted by Crippen LogP contribution is 2.17. The van der Waals surface area contributed by atoms with Crippen molar-refractivity contribution in [2.45, 2.75) is 26.7 Å². The number of hydrogen-bond donors (Lipinski definition) is 1. The molecule has 0 spiro atoms. The van der Waals surface area contributed by atoms with E-state index in [1.165, 1.54) is 0 Å². The number of carbonyl (C=O) groups is 1. The molecule has 1 heterocycles. The molecule has 0 atom stereocenters. The second-order valence-electron chi connectivity index (χ2n) is 4.74. The molecule has 0 aliphatic rings. The Morgan fingerprint density at radius 3 is 2.86 bits per heavy atom. The Morgan fingerprint density at radius 2 is 2.14 bits per heavy atom. The van der Waals surface area contributed by atoms with Crippen LogP contribution in [0, 0.1) is 6.92 Å². The SMILES string of the molecule is CCc1onc(C)c1C(=O)NCCc1ccccc1OC. The number of amides is 1. The van der Waals surface area contributed by atoms with E-state index in [4.69, 9.17) is 9.26 Å². The van der Waals surface area contributed by atoms with Gasteiger partial charge in [-0.2, -0.15) is 0 Å². The molecule has 0 radical (unpaired) electrons. The summed E-state index contributed by atoms with van der Waals surface area (Å²) in [6.45, 7) is 4.25. The Balaban J connectivity index is 1.97. The molecule has 0 bridgehead atoms. The van der Waals surface area contributed by atoms with E-state index in [9.17, 15) is 4.79 Å². The number of carbonyl (C=O) groups excluding carboxylic acids is 1. The maximum Gasteiger partial charge on any atom is 0.256 e. The second-order valence-corrected chi connectivity index (χ2v) is 4.74. The average molecular weight is 288 g/mol. The van der Waals surface area contributed by atoms with Gasteiger partial charge in [0.2, 0.25) is 0 Å². The van der Waals surface area contributed by atoms with Crippen molar-refractivity contribution in [1.82, 2.24) is 10.5 Å². The van der Waals surface area contributed by atoms with Gasteiger partial charge >= 0.3 is 0 Å². The number of nitrogens with one attached hydrogen (secondary N) is 1. The molecule has 2 rings (SSSR count). The van der Waals surface area contributed by atoms with E-state index < -0.39 is 0 Å². The van der Waals surface area contributed by atoms with Crippen molar-refractivity contribution in [2.24, 2.45) is 0 Å². The van der Waals surface area contributed by atoms with Crippen LogP contribution in [0.4, 0.5) is 0 Å². The first-order valence-electron chi connectivity index (χ1n) is 7.02. The number of aryl methyl sites for hydroxylation is 2. The van der Waals surface area contributed by atoms with Crippen molar-refractivity contribution in [2.75, 3.05) is 13.7 Å². The summed E-state index contributed by atoms with van der Waals surface area (Å²) >= 11 is 0. The smallest absolute Gasteiger partial charge is 0.256 e. The number of hydrogen-bond acceptors (Lipinski definition) is 4. The lowest BCUT2D eigenvalue weighted by Crippen LogP contribution is -2.26. The summed E-state index contributed by atoms with van der Waals surface area (Å²) in [6.07, 6.45) is 1.36. The van der Waals surface area contributed by atoms with Crippen LogP contribution in [-0.4, -0.2) is 24.7 Å². The van der Waals surface area contributed by atoms with Crippen molar-refractivity contribution in [3.05, 3.63) is 46.8 Å². The highest BCUT2D eigenvalue weighted by molar-refractivity contribution is 5.96. The topological polar surface area (TPSA) is 64.4 Å². The van der Waals surface area contributed by atoms with E-state index in [1.807, 2.05) is 31.2 Å². The zero-order chi connectivity index (χ0) is 15.2. The summed E-state index contributed by atoms with van der Waals surface area (Å²) in [5, 5.41) is 6.75. The van der Waals surface area contributed by atoms with Crippen LogP contribution in [0.25, 0.3) is 0 Å². The number of para-hydroxylation sites is 1. The largest absolute Gasteiger partial charge is 0.496 e. The summed E-state index contributed by atoms with van der Waals surface area (Å²) in [5.41, 5.74) is 2.25. The quantitative estimate of drug-likeness (QED) is 0.887. The van der Waals surface area contributed by atoms with Crippen molar-refractivity contribution < 1.29 is 14.1 Å². The molecule has 1 amide bonds. The summed E-state index contributed by atoms with van der Waals surface area (Å²) in [4.78, 5) is 12.2. The van der Waals surface area contributed by atoms with Gasteiger partial charge in [-0.15, -0.1) is 0 Å². The highest BCUT2D eigenvalue weighted by Gasteiger charge is 2.18. The Hall–Kier alpha value is -2.30. The molecular formula is C16H20N2O3. The zero-order valence-electron chi connectivity index (χ0n) is 12.6. The first kappa shape index (κ1) is 15.1. The lowest BCUT2D eigenvalue weighted by Gasteiger charge is -2.09. The van der Waals surface area contributed by atoms with Crippen molar-refractivity contribution in [3.8, 4) is 5.75 Å². The predicted molar refractivity (Wildman–Crippen MR) is 79.6 cm³/mol. The van der Waals surface area contributed by atoms with Crippen LogP contribution in [0.3, 0.4) is 0 Å². The standard InChI is InChI=1S/C16H20N2O3/c1-4-13-15(11(2)18-21-13)16(19)17-10-9-12-7-5-6-8-14(12)20-3/h5-8H,4,9-10H2,1-3H3,(H,17,19). The molecule has 0 unspecified atom stereocenters. The van der Waals surface area contributed by atoms with Crippen LogP contribution in [0.15, 0.2) is 28.8 Å². The van der Waals surface area contributed by atoms with Crippen LogP contribution >= 0.6 is 0 Å². The summed E-state index contributed by atoms with van der Waals surface area (Å²) in [5.74, 6) is 1.32. The summed E-state index contributed by atoms with van der Waals surface area (Å²) in [6, 6.07) is 7.79. The number of rotatable bonds is 6. The number of nitrogens with zero attached hydrogens (tertiary/aromatic N) is 1. The molecule has 21 heavy (non-hydrogen) atoms. The van der Waals surface area contributed by atoms with Crippen LogP contribution in [-0.2, 0) is 12.8 Å². The van der Waals surface area contributed by atoms with Crippen LogP contribution in [0.5, 0.6) is 5.75 Å². The molecule has 2 aromatic rings. The predicted octanol–water partition coefficient (Wildman–Crippen LogP) is 2.53. The van der Waals surface area contributed by atoms with Gasteiger partial charge in [0.15, 0.2) is 0 Å². The average Bonchev–Trinajstić information content (AvgIpc) is 2.88. The van der Waals surface area contributed by atoms with E-state index in [0.29, 0.717) is 36.4 Å². The van der Waals surface area contributed by atoms with Crippen LogP contribution in [0.2, 0.25) is 0 Å². The maximum atomic E-state index is 12.2. The highest BCUT2D eigenvalue weighted by atomic mass is 16.5. The molecule has 112 valence electrons. The van der Waals surface area contributed by atoms with Crippen LogP contribution < -0.4 is 10.1 Å². The molecule has 0 aliphatic heterocycles. The van der Waals surface area contributed by atoms with Gasteiger partial charge in [-0.1, -0.05) is 30.3 Å². The number of benzene rings is 1. The minimum absolute atomic E-state index is 0.138. The van der Waals surface area contributed by atoms with Gasteiger partial charge in [0, 0.05) is 13.0 Å². The summed E-state index contributed by atoms with van der Waals surface area (Å²) < 4.78 is 10.4. The lowest BCUT2D eigenvalue weighted by atomic mass is 10.1. The Labute approximate surface area is 124 Å². The number of methoxy groups -OCH3 is 1. The third-order valence-corrected chi connectivity index (χ3v) is 3.35. The van der Waals surface area contributed by atoms with E-state index >= 15 is 0 Å². The third kappa shape index (κ3) is 3.42. The number of aromatic nitrogens is 1. The van der Waals surface area contributed by atoms with Gasteiger partial charge in [-0.25, -0.2) is 0 Å². The van der Waals surface area contributed by atoms with Gasteiger partial charge in [-0.05, 0) is 25.0 Å². The maximum absolute atomic E-state index is 12.2. The Kier molecular flexibility index (Phi) is 4.98. The molecule has 1 aromatic carbocycles. The molecule has 5 nitrogen and oxygen atoms in total. The minimum Gasteiger partial charge on any atom is -0.496 e. The van der Waals surface area contributed by atoms with Gasteiger partial charge in [0.25, 0.3) is 5.91 Å². The van der Waals surface area contributed by atoms with E-state index in [-0.39, 0.29) is 5.91 Å². The normalized spacial score (nSPS) is 10.4. The Morgan fingerprint density at radius 1 is 1.38 bits per heavy atom. The van der Waals surface area contributed by atoms with E-state index in [2.05, 4.69) is 10.5 Å². The third-order valence-electron chi connectivity index (χ3n) is 3.35. The first-order valence-corrected chi connectivity index (χ1v) is 7.02. The molecular weight excluding hydrogens is 268 g/mol. The van der Waals surface area contributed by atoms with E-state index in [0.717, 1.165) is 11.3 Å². The lowest BCUT2D eigenvalue weighted by molar-refractivity contribution is 0.0951. The number of ether oxygens (including phenoxy) is 1. The van der Waals surface area contributed by atoms with Gasteiger partial charge in [-0.3, -0.25) is 4.79 Å². The van der Waals surface area contributed by atoms with Crippen molar-refractivity contribution in [1.29, 1.82) is 0 Å². The summed E-state index contributed by atoms with van der Waals surface area (Å²) in [7, 11) is 1.64. The van der Waals surface area contributed by atoms with Crippen molar-refractivity contribution >= 4 is 5.91 Å². The molecule has 0 fully saturated rings. The molecule has 5 heteroatoms. The van der Waals surface area contributed by atoms with Crippen LogP contribution in [0.1, 0.15) is 34.3 Å². The zero-order valence-corrected chi connectivity index (χ0v) is 12.6. The molecule has 0 saturated carbocycles. The fourth-order valence-electron chi connectivity index (χ4n) is 2.26. The molecule has 1 aromatic heterocycles. The Bertz CT molecular complexity index is 620. The fourth-order valence-corrected chi connectivity index (χ4v) is 2.26. The van der Waals surface area contributed by atoms with E-state index in [1.54, 1.807) is 14.0 Å². The van der Waals surface area contributed by atoms with Gasteiger partial charge in [0.05, 0.1) is 12.8 Å². The van der Waals surface area contributed by atoms with Gasteiger partial charge in [0.1, 0.15) is 17.1 Å². The molecule has 1 N–H and O–H groups in total. The van der Waals surface area contributed by atoms with Gasteiger partial charge < -0.3 is 14.6 Å². The second kappa shape index (κ2) is 6.92. The van der Waals surface area contributed by atoms with Crippen molar-refractivity contribution in [3.63, 3.8) is 0 Å². The monoisotopic (exact) mass is 288 g/mol. The first-order chi connectivity index (χ1) is 10.2. The fraction of sp³-hybridized carbons (Fsp3) is 0.375. The molecule has 0 saturated heterocycles. The minimum atomic E-state index is -0.138.